The molecule has 5 aromatic rings. The maximum absolute atomic E-state index is 13.5. The van der Waals surface area contributed by atoms with Gasteiger partial charge in [0.15, 0.2) is 5.75 Å². The second kappa shape index (κ2) is 11.3. The predicted octanol–water partition coefficient (Wildman–Crippen LogP) is 4.95. The molecule has 0 bridgehead atoms. The summed E-state index contributed by atoms with van der Waals surface area (Å²) in [6.45, 7) is 1.71. The number of aliphatic hydroxyl groups excluding tert-OH is 1. The first-order chi connectivity index (χ1) is 19.4. The van der Waals surface area contributed by atoms with Crippen LogP contribution >= 0.6 is 0 Å². The maximum atomic E-state index is 13.5. The summed E-state index contributed by atoms with van der Waals surface area (Å²) >= 11 is 0. The van der Waals surface area contributed by atoms with E-state index in [2.05, 4.69) is 15.3 Å². The third-order valence-corrected chi connectivity index (χ3v) is 6.36. The van der Waals surface area contributed by atoms with Crippen molar-refractivity contribution >= 4 is 22.6 Å². The molecular formula is C30H25FN4O5. The molecule has 202 valence electrons. The Hall–Kier alpha value is -5.09. The fraction of sp³-hybridized carbons (Fsp3) is 0.133. The minimum Gasteiger partial charge on any atom is -0.495 e. The molecule has 2 N–H and O–H groups in total. The Labute approximate surface area is 228 Å². The first-order valence-corrected chi connectivity index (χ1v) is 12.4. The number of amides is 1. The van der Waals surface area contributed by atoms with E-state index in [0.717, 1.165) is 0 Å². The number of aliphatic hydroxyl groups is 1. The number of ether oxygens (including phenoxy) is 2. The summed E-state index contributed by atoms with van der Waals surface area (Å²) in [5.41, 5.74) is 2.32. The van der Waals surface area contributed by atoms with Crippen LogP contribution in [0.5, 0.6) is 17.2 Å². The van der Waals surface area contributed by atoms with Gasteiger partial charge in [0, 0.05) is 48.0 Å². The first-order valence-electron chi connectivity index (χ1n) is 12.4. The number of nitrogens with zero attached hydrogens (tertiary/aromatic N) is 3. The number of hydrogen-bond acceptors (Lipinski definition) is 7. The lowest BCUT2D eigenvalue weighted by atomic mass is 10.0. The second-order valence-corrected chi connectivity index (χ2v) is 8.89. The Morgan fingerprint density at radius 2 is 1.80 bits per heavy atom. The van der Waals surface area contributed by atoms with E-state index in [1.54, 1.807) is 67.4 Å². The molecule has 2 aromatic carbocycles. The molecular weight excluding hydrogens is 515 g/mol. The third kappa shape index (κ3) is 5.38. The lowest BCUT2D eigenvalue weighted by molar-refractivity contribution is 0.102. The summed E-state index contributed by atoms with van der Waals surface area (Å²) in [5, 5.41) is 12.3. The van der Waals surface area contributed by atoms with Crippen molar-refractivity contribution in [3.63, 3.8) is 0 Å². The highest BCUT2D eigenvalue weighted by Gasteiger charge is 2.20. The molecule has 3 heterocycles. The molecule has 9 nitrogen and oxygen atoms in total. The van der Waals surface area contributed by atoms with E-state index < -0.39 is 17.2 Å². The molecule has 0 fully saturated rings. The van der Waals surface area contributed by atoms with E-state index in [1.807, 2.05) is 0 Å². The van der Waals surface area contributed by atoms with E-state index in [-0.39, 0.29) is 24.3 Å². The molecule has 0 atom stereocenters. The molecule has 0 saturated heterocycles. The van der Waals surface area contributed by atoms with Crippen LogP contribution in [0.2, 0.25) is 0 Å². The highest BCUT2D eigenvalue weighted by atomic mass is 19.1. The minimum atomic E-state index is -0.619. The van der Waals surface area contributed by atoms with Crippen molar-refractivity contribution in [3.8, 4) is 28.4 Å². The Bertz CT molecular complexity index is 1750. The van der Waals surface area contributed by atoms with Crippen LogP contribution < -0.4 is 20.2 Å². The molecule has 5 rings (SSSR count). The number of pyridine rings is 3. The van der Waals surface area contributed by atoms with E-state index in [1.165, 1.54) is 30.5 Å². The van der Waals surface area contributed by atoms with Crippen molar-refractivity contribution in [2.24, 2.45) is 0 Å². The zero-order valence-corrected chi connectivity index (χ0v) is 21.7. The molecule has 0 radical (unpaired) electrons. The number of halogens is 1. The summed E-state index contributed by atoms with van der Waals surface area (Å²) in [7, 11) is 1.55. The van der Waals surface area contributed by atoms with E-state index in [0.29, 0.717) is 45.2 Å². The van der Waals surface area contributed by atoms with Gasteiger partial charge in [-0.05, 0) is 48.9 Å². The molecule has 10 heteroatoms. The Morgan fingerprint density at radius 3 is 2.50 bits per heavy atom. The highest BCUT2D eigenvalue weighted by molar-refractivity contribution is 6.04. The average Bonchev–Trinajstić information content (AvgIpc) is 2.96. The standard InChI is InChI=1S/C30H25FN4O5/c1-18-27(19-3-5-20(31)6-4-19)29(37)24(17-35(18)13-14-36)30(38)34-21-7-9-22(10-8-21)40-26-11-12-32-25-15-23(39-2)16-33-28(25)26/h3-12,15-17,36H,13-14H2,1-2H3,(H,34,38). The number of aromatic nitrogens is 3. The van der Waals surface area contributed by atoms with Crippen LogP contribution in [0, 0.1) is 12.7 Å². The Kier molecular flexibility index (Phi) is 7.52. The Balaban J connectivity index is 1.39. The van der Waals surface area contributed by atoms with Crippen LogP contribution in [0.15, 0.2) is 84.0 Å². The fourth-order valence-corrected chi connectivity index (χ4v) is 4.32. The van der Waals surface area contributed by atoms with Crippen molar-refractivity contribution in [2.75, 3.05) is 19.0 Å². The summed E-state index contributed by atoms with van der Waals surface area (Å²) in [5.74, 6) is 0.530. The average molecular weight is 541 g/mol. The molecule has 0 aliphatic rings. The zero-order valence-electron chi connectivity index (χ0n) is 21.7. The molecule has 0 saturated carbocycles. The molecule has 0 unspecified atom stereocenters. The number of carbonyl (C=O) groups excluding carboxylic acids is 1. The monoisotopic (exact) mass is 540 g/mol. The number of methoxy groups -OCH3 is 1. The number of hydrogen-bond donors (Lipinski definition) is 2. The van der Waals surface area contributed by atoms with Gasteiger partial charge in [0.25, 0.3) is 5.91 Å². The Morgan fingerprint density at radius 1 is 1.05 bits per heavy atom. The summed E-state index contributed by atoms with van der Waals surface area (Å²) in [4.78, 5) is 35.3. The summed E-state index contributed by atoms with van der Waals surface area (Å²) in [6.07, 6.45) is 4.61. The summed E-state index contributed by atoms with van der Waals surface area (Å²) < 4.78 is 26.3. The number of carbonyl (C=O) groups is 1. The van der Waals surface area contributed by atoms with Crippen LogP contribution in [0.1, 0.15) is 16.1 Å². The molecule has 40 heavy (non-hydrogen) atoms. The molecule has 0 spiro atoms. The SMILES string of the molecule is COc1cnc2c(Oc3ccc(NC(=O)c4cn(CCO)c(C)c(-c5ccc(F)cc5)c4=O)cc3)ccnc2c1. The second-order valence-electron chi connectivity index (χ2n) is 8.89. The zero-order chi connectivity index (χ0) is 28.2. The molecule has 3 aromatic heterocycles. The predicted molar refractivity (Wildman–Crippen MR) is 148 cm³/mol. The molecule has 1 amide bonds. The van der Waals surface area contributed by atoms with Crippen LogP contribution in [-0.2, 0) is 6.54 Å². The van der Waals surface area contributed by atoms with Gasteiger partial charge in [-0.15, -0.1) is 0 Å². The minimum absolute atomic E-state index is 0.108. The van der Waals surface area contributed by atoms with Crippen molar-refractivity contribution < 1.29 is 23.8 Å². The lowest BCUT2D eigenvalue weighted by Crippen LogP contribution is -2.26. The van der Waals surface area contributed by atoms with Crippen LogP contribution in [-0.4, -0.2) is 39.3 Å². The molecule has 0 aliphatic heterocycles. The van der Waals surface area contributed by atoms with Gasteiger partial charge in [-0.25, -0.2) is 9.37 Å². The van der Waals surface area contributed by atoms with Gasteiger partial charge in [-0.1, -0.05) is 12.1 Å². The van der Waals surface area contributed by atoms with Gasteiger partial charge in [0.05, 0.1) is 25.4 Å². The number of fused-ring (bicyclic) bond motifs is 1. The van der Waals surface area contributed by atoms with Gasteiger partial charge in [0.2, 0.25) is 5.43 Å². The number of nitrogens with one attached hydrogen (secondary N) is 1. The maximum Gasteiger partial charge on any atom is 0.261 e. The first kappa shape index (κ1) is 26.5. The highest BCUT2D eigenvalue weighted by Crippen LogP contribution is 2.30. The lowest BCUT2D eigenvalue weighted by Gasteiger charge is -2.16. The van der Waals surface area contributed by atoms with Crippen molar-refractivity contribution in [2.45, 2.75) is 13.5 Å². The quantitative estimate of drug-likeness (QED) is 0.286. The fourth-order valence-electron chi connectivity index (χ4n) is 4.32. The van der Waals surface area contributed by atoms with Gasteiger partial charge < -0.3 is 24.5 Å². The van der Waals surface area contributed by atoms with Crippen molar-refractivity contribution in [1.82, 2.24) is 14.5 Å². The molecule has 0 aliphatic carbocycles. The van der Waals surface area contributed by atoms with Gasteiger partial charge in [-0.2, -0.15) is 0 Å². The topological polar surface area (TPSA) is 116 Å². The van der Waals surface area contributed by atoms with Crippen LogP contribution in [0.3, 0.4) is 0 Å². The van der Waals surface area contributed by atoms with Crippen molar-refractivity contribution in [3.05, 3.63) is 107 Å². The summed E-state index contributed by atoms with van der Waals surface area (Å²) in [6, 6.07) is 15.6. The van der Waals surface area contributed by atoms with Gasteiger partial charge >= 0.3 is 0 Å². The smallest absolute Gasteiger partial charge is 0.261 e. The van der Waals surface area contributed by atoms with Crippen molar-refractivity contribution in [1.29, 1.82) is 0 Å². The van der Waals surface area contributed by atoms with Gasteiger partial charge in [-0.3, -0.25) is 14.6 Å². The van der Waals surface area contributed by atoms with Crippen LogP contribution in [0.4, 0.5) is 10.1 Å². The normalized spacial score (nSPS) is 10.9. The third-order valence-electron chi connectivity index (χ3n) is 6.36. The number of anilines is 1. The van der Waals surface area contributed by atoms with Crippen LogP contribution in [0.25, 0.3) is 22.2 Å². The van der Waals surface area contributed by atoms with Gasteiger partial charge in [0.1, 0.15) is 28.4 Å². The largest absolute Gasteiger partial charge is 0.495 e. The van der Waals surface area contributed by atoms with E-state index in [4.69, 9.17) is 9.47 Å². The number of rotatable bonds is 8. The number of benzene rings is 2. The van der Waals surface area contributed by atoms with E-state index in [9.17, 15) is 19.1 Å². The van der Waals surface area contributed by atoms with E-state index >= 15 is 0 Å².